The maximum absolute atomic E-state index is 5.90. The lowest BCUT2D eigenvalue weighted by Gasteiger charge is -2.09. The van der Waals surface area contributed by atoms with Gasteiger partial charge in [0.15, 0.2) is 0 Å². The standard InChI is InChI=1S/C12H9BrCl2OS/c13-9-4-11(17-7-9)6-16-12-2-1-10(15)3-8(12)5-14/h1-4,7H,5-6H2. The molecule has 1 nitrogen and oxygen atoms in total. The first-order valence-corrected chi connectivity index (χ1v) is 7.47. The van der Waals surface area contributed by atoms with Crippen molar-refractivity contribution in [3.8, 4) is 5.75 Å². The van der Waals surface area contributed by atoms with Crippen LogP contribution in [-0.4, -0.2) is 0 Å². The number of ether oxygens (including phenoxy) is 1. The number of benzene rings is 1. The zero-order chi connectivity index (χ0) is 12.3. The van der Waals surface area contributed by atoms with Gasteiger partial charge in [0.2, 0.25) is 0 Å². The number of thiophene rings is 1. The number of halogens is 3. The summed E-state index contributed by atoms with van der Waals surface area (Å²) in [5.41, 5.74) is 0.912. The Morgan fingerprint density at radius 1 is 1.29 bits per heavy atom. The third kappa shape index (κ3) is 3.62. The smallest absolute Gasteiger partial charge is 0.124 e. The van der Waals surface area contributed by atoms with Crippen LogP contribution >= 0.6 is 50.5 Å². The molecule has 2 rings (SSSR count). The van der Waals surface area contributed by atoms with Crippen LogP contribution in [0.25, 0.3) is 0 Å². The summed E-state index contributed by atoms with van der Waals surface area (Å²) in [6.45, 7) is 0.543. The highest BCUT2D eigenvalue weighted by atomic mass is 79.9. The minimum absolute atomic E-state index is 0.393. The Morgan fingerprint density at radius 2 is 2.12 bits per heavy atom. The van der Waals surface area contributed by atoms with Crippen LogP contribution in [0.15, 0.2) is 34.1 Å². The van der Waals surface area contributed by atoms with E-state index in [1.807, 2.05) is 23.6 Å². The molecule has 0 amide bonds. The lowest BCUT2D eigenvalue weighted by atomic mass is 10.2. The van der Waals surface area contributed by atoms with Crippen molar-refractivity contribution in [2.45, 2.75) is 12.5 Å². The molecule has 0 aliphatic rings. The van der Waals surface area contributed by atoms with E-state index in [4.69, 9.17) is 27.9 Å². The van der Waals surface area contributed by atoms with Gasteiger partial charge in [-0.2, -0.15) is 0 Å². The van der Waals surface area contributed by atoms with Gasteiger partial charge in [-0.25, -0.2) is 0 Å². The van der Waals surface area contributed by atoms with Crippen LogP contribution < -0.4 is 4.74 Å². The molecule has 0 bridgehead atoms. The second-order valence-corrected chi connectivity index (χ2v) is 6.02. The van der Waals surface area contributed by atoms with Crippen molar-refractivity contribution in [1.29, 1.82) is 0 Å². The fraction of sp³-hybridized carbons (Fsp3) is 0.167. The van der Waals surface area contributed by atoms with Gasteiger partial charge in [0.25, 0.3) is 0 Å². The average molecular weight is 352 g/mol. The van der Waals surface area contributed by atoms with Crippen LogP contribution in [0.5, 0.6) is 5.75 Å². The molecule has 0 radical (unpaired) electrons. The van der Waals surface area contributed by atoms with E-state index in [0.717, 1.165) is 20.7 Å². The third-order valence-electron chi connectivity index (χ3n) is 2.16. The number of rotatable bonds is 4. The molecule has 17 heavy (non-hydrogen) atoms. The van der Waals surface area contributed by atoms with Gasteiger partial charge in [-0.15, -0.1) is 22.9 Å². The first kappa shape index (κ1) is 13.2. The van der Waals surface area contributed by atoms with E-state index in [1.165, 1.54) is 0 Å². The summed E-state index contributed by atoms with van der Waals surface area (Å²) in [5.74, 6) is 1.18. The fourth-order valence-corrected chi connectivity index (χ4v) is 3.14. The Labute approximate surface area is 122 Å². The summed E-state index contributed by atoms with van der Waals surface area (Å²) in [6, 6.07) is 7.52. The van der Waals surface area contributed by atoms with Crippen LogP contribution in [0.4, 0.5) is 0 Å². The summed E-state index contributed by atoms with van der Waals surface area (Å²) in [5, 5.41) is 2.70. The summed E-state index contributed by atoms with van der Waals surface area (Å²) < 4.78 is 6.81. The minimum atomic E-state index is 0.393. The quantitative estimate of drug-likeness (QED) is 0.662. The van der Waals surface area contributed by atoms with E-state index in [1.54, 1.807) is 17.4 Å². The molecule has 5 heteroatoms. The molecule has 0 saturated heterocycles. The zero-order valence-electron chi connectivity index (χ0n) is 8.75. The van der Waals surface area contributed by atoms with Crippen LogP contribution in [-0.2, 0) is 12.5 Å². The molecular weight excluding hydrogens is 343 g/mol. The summed E-state index contributed by atoms with van der Waals surface area (Å²) in [7, 11) is 0. The molecule has 0 spiro atoms. The molecule has 1 aromatic carbocycles. The number of hydrogen-bond donors (Lipinski definition) is 0. The first-order chi connectivity index (χ1) is 8.19. The Hall–Kier alpha value is -0.220. The Kier molecular flexibility index (Phi) is 4.74. The maximum Gasteiger partial charge on any atom is 0.124 e. The first-order valence-electron chi connectivity index (χ1n) is 4.89. The van der Waals surface area contributed by atoms with Crippen LogP contribution in [0.2, 0.25) is 5.02 Å². The summed E-state index contributed by atoms with van der Waals surface area (Å²) in [6.07, 6.45) is 0. The molecule has 0 fully saturated rings. The highest BCUT2D eigenvalue weighted by molar-refractivity contribution is 9.10. The van der Waals surface area contributed by atoms with E-state index in [9.17, 15) is 0 Å². The monoisotopic (exact) mass is 350 g/mol. The maximum atomic E-state index is 5.90. The minimum Gasteiger partial charge on any atom is -0.488 e. The Morgan fingerprint density at radius 3 is 2.76 bits per heavy atom. The molecule has 0 atom stereocenters. The lowest BCUT2D eigenvalue weighted by molar-refractivity contribution is 0.307. The SMILES string of the molecule is ClCc1cc(Cl)ccc1OCc1cc(Br)cs1. The summed E-state index contributed by atoms with van der Waals surface area (Å²) >= 11 is 16.8. The van der Waals surface area contributed by atoms with Gasteiger partial charge in [0.05, 0.1) is 5.88 Å². The van der Waals surface area contributed by atoms with Crippen molar-refractivity contribution in [1.82, 2.24) is 0 Å². The molecule has 0 aliphatic heterocycles. The number of alkyl halides is 1. The second kappa shape index (κ2) is 6.10. The predicted molar refractivity (Wildman–Crippen MR) is 77.4 cm³/mol. The molecule has 90 valence electrons. The fourth-order valence-electron chi connectivity index (χ4n) is 1.37. The van der Waals surface area contributed by atoms with Gasteiger partial charge in [0.1, 0.15) is 12.4 Å². The van der Waals surface area contributed by atoms with Crippen LogP contribution in [0.3, 0.4) is 0 Å². The molecule has 0 aliphatic carbocycles. The van der Waals surface area contributed by atoms with Crippen molar-refractivity contribution in [3.05, 3.63) is 49.6 Å². The average Bonchev–Trinajstić information content (AvgIpc) is 2.73. The van der Waals surface area contributed by atoms with E-state index < -0.39 is 0 Å². The Balaban J connectivity index is 2.08. The molecular formula is C12H9BrCl2OS. The molecule has 0 saturated carbocycles. The van der Waals surface area contributed by atoms with Crippen molar-refractivity contribution in [3.63, 3.8) is 0 Å². The van der Waals surface area contributed by atoms with Gasteiger partial charge in [-0.1, -0.05) is 11.6 Å². The van der Waals surface area contributed by atoms with Crippen molar-refractivity contribution in [2.75, 3.05) is 0 Å². The van der Waals surface area contributed by atoms with Crippen molar-refractivity contribution >= 4 is 50.5 Å². The van der Waals surface area contributed by atoms with Gasteiger partial charge >= 0.3 is 0 Å². The largest absolute Gasteiger partial charge is 0.488 e. The van der Waals surface area contributed by atoms with Crippen molar-refractivity contribution in [2.24, 2.45) is 0 Å². The zero-order valence-corrected chi connectivity index (χ0v) is 12.7. The predicted octanol–water partition coefficient (Wildman–Crippen LogP) is 5.48. The number of hydrogen-bond acceptors (Lipinski definition) is 2. The van der Waals surface area contributed by atoms with E-state index in [2.05, 4.69) is 15.9 Å². The normalized spacial score (nSPS) is 10.5. The van der Waals surface area contributed by atoms with Crippen LogP contribution in [0.1, 0.15) is 10.4 Å². The molecule has 2 aromatic rings. The van der Waals surface area contributed by atoms with E-state index in [-0.39, 0.29) is 0 Å². The third-order valence-corrected chi connectivity index (χ3v) is 4.35. The highest BCUT2D eigenvalue weighted by Gasteiger charge is 2.05. The molecule has 1 aromatic heterocycles. The van der Waals surface area contributed by atoms with Gasteiger partial charge in [-0.3, -0.25) is 0 Å². The highest BCUT2D eigenvalue weighted by Crippen LogP contribution is 2.27. The van der Waals surface area contributed by atoms with Crippen molar-refractivity contribution < 1.29 is 4.74 Å². The van der Waals surface area contributed by atoms with Gasteiger partial charge in [0, 0.05) is 25.3 Å². The van der Waals surface area contributed by atoms with Crippen LogP contribution in [0, 0.1) is 0 Å². The molecule has 0 N–H and O–H groups in total. The second-order valence-electron chi connectivity index (χ2n) is 3.41. The molecule has 0 unspecified atom stereocenters. The topological polar surface area (TPSA) is 9.23 Å². The Bertz CT molecular complexity index is 513. The summed E-state index contributed by atoms with van der Waals surface area (Å²) in [4.78, 5) is 1.16. The van der Waals surface area contributed by atoms with Gasteiger partial charge in [-0.05, 0) is 40.2 Å². The van der Waals surface area contributed by atoms with Gasteiger partial charge < -0.3 is 4.74 Å². The van der Waals surface area contributed by atoms with E-state index >= 15 is 0 Å². The molecule has 1 heterocycles. The lowest BCUT2D eigenvalue weighted by Crippen LogP contribution is -1.96. The van der Waals surface area contributed by atoms with E-state index in [0.29, 0.717) is 17.5 Å².